The highest BCUT2D eigenvalue weighted by atomic mass is 32.2. The van der Waals surface area contributed by atoms with Crippen molar-refractivity contribution in [3.63, 3.8) is 0 Å². The molecule has 1 aromatic heterocycles. The third-order valence-corrected chi connectivity index (χ3v) is 6.89. The maximum Gasteiger partial charge on any atom is 0.322 e. The number of hydrogen-bond acceptors (Lipinski definition) is 6. The highest BCUT2D eigenvalue weighted by Crippen LogP contribution is 2.31. The fraction of sp³-hybridized carbons (Fsp3) is 0.318. The van der Waals surface area contributed by atoms with E-state index in [1.54, 1.807) is 0 Å². The van der Waals surface area contributed by atoms with Gasteiger partial charge in [-0.1, -0.05) is 44.1 Å². The number of sulfonamides is 1. The van der Waals surface area contributed by atoms with Gasteiger partial charge in [0.05, 0.1) is 10.6 Å². The van der Waals surface area contributed by atoms with E-state index in [4.69, 9.17) is 4.42 Å². The average molecular weight is 441 g/mol. The molecule has 0 saturated heterocycles. The highest BCUT2D eigenvalue weighted by Gasteiger charge is 2.29. The number of para-hydroxylation sites is 1. The van der Waals surface area contributed by atoms with Crippen LogP contribution in [0, 0.1) is 0 Å². The smallest absolute Gasteiger partial charge is 0.322 e. The van der Waals surface area contributed by atoms with Crippen molar-refractivity contribution >= 4 is 27.6 Å². The molecule has 2 heterocycles. The second-order valence-electron chi connectivity index (χ2n) is 8.45. The van der Waals surface area contributed by atoms with Gasteiger partial charge in [0.15, 0.2) is 0 Å². The van der Waals surface area contributed by atoms with Gasteiger partial charge >= 0.3 is 6.01 Å². The van der Waals surface area contributed by atoms with E-state index in [0.29, 0.717) is 18.1 Å². The van der Waals surface area contributed by atoms with Gasteiger partial charge in [-0.15, -0.1) is 5.10 Å². The fourth-order valence-corrected chi connectivity index (χ4v) is 4.94. The Morgan fingerprint density at radius 1 is 1.06 bits per heavy atom. The Bertz CT molecular complexity index is 1210. The standard InChI is InChI=1S/C22H24N4O4S/c1-22(2,3)20-24-25-21(30-20)23-19(27)16-10-12-17(13-11-16)31(28,29)26-14-6-8-15-7-4-5-9-18(15)26/h4-5,7,9-13H,6,8,14H2,1-3H3,(H,23,25,27). The van der Waals surface area contributed by atoms with Gasteiger partial charge in [-0.2, -0.15) is 0 Å². The van der Waals surface area contributed by atoms with Crippen LogP contribution in [0.25, 0.3) is 0 Å². The van der Waals surface area contributed by atoms with Crippen molar-refractivity contribution in [2.45, 2.75) is 43.9 Å². The summed E-state index contributed by atoms with van der Waals surface area (Å²) in [4.78, 5) is 12.6. The van der Waals surface area contributed by atoms with Gasteiger partial charge in [-0.05, 0) is 48.7 Å². The molecule has 0 bridgehead atoms. The topological polar surface area (TPSA) is 105 Å². The van der Waals surface area contributed by atoms with Crippen molar-refractivity contribution in [3.8, 4) is 0 Å². The van der Waals surface area contributed by atoms with Crippen LogP contribution in [0.1, 0.15) is 49.0 Å². The zero-order valence-electron chi connectivity index (χ0n) is 17.6. The minimum atomic E-state index is -3.73. The summed E-state index contributed by atoms with van der Waals surface area (Å²) in [6.45, 7) is 6.19. The molecular formula is C22H24N4O4S. The van der Waals surface area contributed by atoms with E-state index in [0.717, 1.165) is 18.4 Å². The second kappa shape index (κ2) is 7.81. The number of fused-ring (bicyclic) bond motifs is 1. The molecule has 162 valence electrons. The number of benzene rings is 2. The Hall–Kier alpha value is -3.20. The van der Waals surface area contributed by atoms with Gasteiger partial charge in [0, 0.05) is 17.5 Å². The molecule has 1 aliphatic heterocycles. The molecule has 1 amide bonds. The molecule has 0 atom stereocenters. The van der Waals surface area contributed by atoms with Crippen LogP contribution < -0.4 is 9.62 Å². The first kappa shape index (κ1) is 21.0. The highest BCUT2D eigenvalue weighted by molar-refractivity contribution is 7.92. The number of anilines is 2. The van der Waals surface area contributed by atoms with Gasteiger partial charge in [0.1, 0.15) is 0 Å². The van der Waals surface area contributed by atoms with Gasteiger partial charge in [-0.3, -0.25) is 14.4 Å². The summed E-state index contributed by atoms with van der Waals surface area (Å²) in [5, 5.41) is 10.3. The second-order valence-corrected chi connectivity index (χ2v) is 10.3. The normalized spacial score (nSPS) is 14.2. The largest absolute Gasteiger partial charge is 0.407 e. The van der Waals surface area contributed by atoms with Crippen molar-refractivity contribution in [1.82, 2.24) is 10.2 Å². The number of nitrogens with one attached hydrogen (secondary N) is 1. The number of hydrogen-bond donors (Lipinski definition) is 1. The lowest BCUT2D eigenvalue weighted by Crippen LogP contribution is -2.35. The maximum atomic E-state index is 13.2. The first-order chi connectivity index (χ1) is 14.7. The molecule has 0 fully saturated rings. The monoisotopic (exact) mass is 440 g/mol. The molecule has 0 spiro atoms. The zero-order valence-corrected chi connectivity index (χ0v) is 18.4. The van der Waals surface area contributed by atoms with E-state index in [2.05, 4.69) is 15.5 Å². The quantitative estimate of drug-likeness (QED) is 0.662. The number of carbonyl (C=O) groups excluding carboxylic acids is 1. The summed E-state index contributed by atoms with van der Waals surface area (Å²) >= 11 is 0. The number of aromatic nitrogens is 2. The minimum Gasteiger partial charge on any atom is -0.407 e. The van der Waals surface area contributed by atoms with Crippen LogP contribution in [0.4, 0.5) is 11.7 Å². The lowest BCUT2D eigenvalue weighted by molar-refractivity contribution is 0.102. The van der Waals surface area contributed by atoms with Gasteiger partial charge in [0.2, 0.25) is 5.89 Å². The molecule has 0 aliphatic carbocycles. The Labute approximate surface area is 181 Å². The Balaban J connectivity index is 1.53. The minimum absolute atomic E-state index is 0.00320. The van der Waals surface area contributed by atoms with Crippen molar-refractivity contribution in [1.29, 1.82) is 0 Å². The molecular weight excluding hydrogens is 416 g/mol. The van der Waals surface area contributed by atoms with Crippen LogP contribution in [0.2, 0.25) is 0 Å². The third-order valence-electron chi connectivity index (χ3n) is 5.06. The third kappa shape index (κ3) is 4.18. The summed E-state index contributed by atoms with van der Waals surface area (Å²) in [6, 6.07) is 13.3. The average Bonchev–Trinajstić information content (AvgIpc) is 3.22. The summed E-state index contributed by atoms with van der Waals surface area (Å²) in [5.74, 6) is -0.0533. The number of rotatable bonds is 4. The lowest BCUT2D eigenvalue weighted by Gasteiger charge is -2.30. The molecule has 8 nitrogen and oxygen atoms in total. The van der Waals surface area contributed by atoms with Crippen molar-refractivity contribution in [3.05, 3.63) is 65.5 Å². The SMILES string of the molecule is CC(C)(C)c1nnc(NC(=O)c2ccc(S(=O)(=O)N3CCCc4ccccc43)cc2)o1. The predicted octanol–water partition coefficient (Wildman–Crippen LogP) is 3.76. The summed E-state index contributed by atoms with van der Waals surface area (Å²) in [7, 11) is -3.73. The van der Waals surface area contributed by atoms with E-state index in [1.165, 1.54) is 28.6 Å². The van der Waals surface area contributed by atoms with E-state index in [9.17, 15) is 13.2 Å². The number of carbonyl (C=O) groups is 1. The molecule has 0 saturated carbocycles. The van der Waals surface area contributed by atoms with Crippen LogP contribution in [0.15, 0.2) is 57.8 Å². The molecule has 1 aliphatic rings. The summed E-state index contributed by atoms with van der Waals surface area (Å²) < 4.78 is 33.3. The van der Waals surface area contributed by atoms with E-state index < -0.39 is 15.9 Å². The molecule has 2 aromatic carbocycles. The van der Waals surface area contributed by atoms with Crippen LogP contribution in [0.3, 0.4) is 0 Å². The van der Waals surface area contributed by atoms with Gasteiger partial charge in [0.25, 0.3) is 15.9 Å². The van der Waals surface area contributed by atoms with Crippen molar-refractivity contribution < 1.29 is 17.6 Å². The van der Waals surface area contributed by atoms with Crippen molar-refractivity contribution in [2.24, 2.45) is 0 Å². The van der Waals surface area contributed by atoms with Crippen molar-refractivity contribution in [2.75, 3.05) is 16.2 Å². The Morgan fingerprint density at radius 2 is 1.77 bits per heavy atom. The molecule has 4 rings (SSSR count). The van der Waals surface area contributed by atoms with Crippen LogP contribution >= 0.6 is 0 Å². The molecule has 9 heteroatoms. The number of nitrogens with zero attached hydrogens (tertiary/aromatic N) is 3. The van der Waals surface area contributed by atoms with Gasteiger partial charge < -0.3 is 4.42 Å². The van der Waals surface area contributed by atoms with Gasteiger partial charge in [-0.25, -0.2) is 8.42 Å². The molecule has 31 heavy (non-hydrogen) atoms. The van der Waals surface area contributed by atoms with E-state index >= 15 is 0 Å². The number of aryl methyl sites for hydroxylation is 1. The van der Waals surface area contributed by atoms with Crippen LogP contribution in [-0.2, 0) is 21.9 Å². The molecule has 3 aromatic rings. The zero-order chi connectivity index (χ0) is 22.2. The molecule has 1 N–H and O–H groups in total. The Morgan fingerprint density at radius 3 is 2.45 bits per heavy atom. The lowest BCUT2D eigenvalue weighted by atomic mass is 9.97. The Kier molecular flexibility index (Phi) is 5.30. The number of amides is 1. The predicted molar refractivity (Wildman–Crippen MR) is 117 cm³/mol. The van der Waals surface area contributed by atoms with Crippen LogP contribution in [0.5, 0.6) is 0 Å². The van der Waals surface area contributed by atoms with Crippen LogP contribution in [-0.4, -0.2) is 31.1 Å². The van der Waals surface area contributed by atoms with E-state index in [-0.39, 0.29) is 21.9 Å². The summed E-state index contributed by atoms with van der Waals surface area (Å²) in [6.07, 6.45) is 1.62. The molecule has 0 unspecified atom stereocenters. The first-order valence-corrected chi connectivity index (χ1v) is 11.5. The fourth-order valence-electron chi connectivity index (χ4n) is 3.40. The maximum absolute atomic E-state index is 13.2. The summed E-state index contributed by atoms with van der Waals surface area (Å²) in [5.41, 5.74) is 1.68. The molecule has 0 radical (unpaired) electrons. The first-order valence-electron chi connectivity index (χ1n) is 10.0. The van der Waals surface area contributed by atoms with E-state index in [1.807, 2.05) is 45.0 Å².